The molecule has 0 aliphatic heterocycles. The van der Waals surface area contributed by atoms with Crippen LogP contribution in [0, 0.1) is 6.92 Å². The second-order valence-electron chi connectivity index (χ2n) is 8.11. The lowest BCUT2D eigenvalue weighted by Gasteiger charge is -2.19. The highest BCUT2D eigenvalue weighted by atomic mass is 16.4. The molecular weight excluding hydrogens is 422 g/mol. The van der Waals surface area contributed by atoms with Crippen molar-refractivity contribution in [2.45, 2.75) is 45.6 Å². The van der Waals surface area contributed by atoms with Gasteiger partial charge in [0.25, 0.3) is 0 Å². The summed E-state index contributed by atoms with van der Waals surface area (Å²) in [5, 5.41) is 15.3. The van der Waals surface area contributed by atoms with Gasteiger partial charge in [-0.05, 0) is 30.5 Å². The fraction of sp³-hybridized carbons (Fsp3) is 0.269. The molecule has 0 aliphatic rings. The van der Waals surface area contributed by atoms with Crippen LogP contribution < -0.4 is 16.0 Å². The van der Waals surface area contributed by atoms with Crippen molar-refractivity contribution >= 4 is 33.8 Å². The Labute approximate surface area is 190 Å². The number of carboxylic acids is 1. The zero-order chi connectivity index (χ0) is 23.5. The van der Waals surface area contributed by atoms with Crippen LogP contribution in [0.25, 0.3) is 33.1 Å². The number of aryl methyl sites for hydroxylation is 1. The molecule has 33 heavy (non-hydrogen) atoms. The maximum absolute atomic E-state index is 12.6. The summed E-state index contributed by atoms with van der Waals surface area (Å²) in [7, 11) is 0. The van der Waals surface area contributed by atoms with Crippen LogP contribution >= 0.6 is 0 Å². The van der Waals surface area contributed by atoms with Gasteiger partial charge in [-0.2, -0.15) is 0 Å². The van der Waals surface area contributed by atoms with Crippen molar-refractivity contribution in [3.63, 3.8) is 0 Å². The Balaban J connectivity index is 1.70. The number of nitrogens with one attached hydrogen (secondary N) is 1. The van der Waals surface area contributed by atoms with Gasteiger partial charge in [0.15, 0.2) is 0 Å². The van der Waals surface area contributed by atoms with Crippen molar-refractivity contribution in [2.24, 2.45) is 0 Å². The molecule has 2 aromatic heterocycles. The third-order valence-electron chi connectivity index (χ3n) is 5.87. The lowest BCUT2D eigenvalue weighted by Crippen LogP contribution is -2.48. The fourth-order valence-corrected chi connectivity index (χ4v) is 4.02. The number of amides is 1. The Hall–Kier alpha value is -3.87. The normalized spacial score (nSPS) is 12.2. The van der Waals surface area contributed by atoms with E-state index in [9.17, 15) is 19.5 Å². The lowest BCUT2D eigenvalue weighted by molar-refractivity contribution is -0.308. The summed E-state index contributed by atoms with van der Waals surface area (Å²) < 4.78 is 11.2. The van der Waals surface area contributed by atoms with Crippen LogP contribution in [0.3, 0.4) is 0 Å². The summed E-state index contributed by atoms with van der Waals surface area (Å²) in [5.41, 5.74) is 3.01. The summed E-state index contributed by atoms with van der Waals surface area (Å²) in [6.07, 6.45) is 3.09. The molecule has 0 saturated carbocycles. The van der Waals surface area contributed by atoms with E-state index in [4.69, 9.17) is 8.83 Å². The SMILES string of the molecule is CCCC[C@@H](NC(=O)Cc1c(C)c2cc3c(-c4ccccc4)coc3cc2oc1=O)C(=O)[O-]. The van der Waals surface area contributed by atoms with Crippen molar-refractivity contribution in [1.82, 2.24) is 5.32 Å². The number of unbranched alkanes of at least 4 members (excludes halogenated alkanes) is 1. The molecule has 170 valence electrons. The monoisotopic (exact) mass is 446 g/mol. The molecule has 7 nitrogen and oxygen atoms in total. The minimum absolute atomic E-state index is 0.191. The summed E-state index contributed by atoms with van der Waals surface area (Å²) in [6.45, 7) is 3.68. The van der Waals surface area contributed by atoms with Crippen LogP contribution in [0.4, 0.5) is 0 Å². The van der Waals surface area contributed by atoms with Gasteiger partial charge in [-0.3, -0.25) is 4.79 Å². The molecule has 1 amide bonds. The van der Waals surface area contributed by atoms with Gasteiger partial charge in [-0.1, -0.05) is 50.1 Å². The number of carbonyl (C=O) groups is 2. The third kappa shape index (κ3) is 4.53. The fourth-order valence-electron chi connectivity index (χ4n) is 4.02. The Morgan fingerprint density at radius 2 is 1.85 bits per heavy atom. The maximum atomic E-state index is 12.6. The topological polar surface area (TPSA) is 113 Å². The van der Waals surface area contributed by atoms with Gasteiger partial charge in [-0.15, -0.1) is 0 Å². The molecular formula is C26H24NO6-. The van der Waals surface area contributed by atoms with Crippen molar-refractivity contribution in [3.8, 4) is 11.1 Å². The summed E-state index contributed by atoms with van der Waals surface area (Å²) in [4.78, 5) is 36.5. The standard InChI is InChI=1S/C26H25NO6/c1-3-4-10-21(25(29)30)27-24(28)12-18-15(2)17-11-19-20(16-8-6-5-7-9-16)14-32-22(19)13-23(17)33-26(18)31/h5-9,11,13-14,21H,3-4,10,12H2,1-2H3,(H,27,28)(H,29,30)/p-1/t21-/m1/s1. The van der Waals surface area contributed by atoms with Crippen LogP contribution in [0.1, 0.15) is 37.3 Å². The van der Waals surface area contributed by atoms with Gasteiger partial charge in [0.2, 0.25) is 5.91 Å². The number of carbonyl (C=O) groups excluding carboxylic acids is 2. The highest BCUT2D eigenvalue weighted by molar-refractivity contribution is 6.02. The summed E-state index contributed by atoms with van der Waals surface area (Å²) in [5.74, 6) is -1.90. The number of furan rings is 1. The van der Waals surface area contributed by atoms with Crippen LogP contribution in [0.5, 0.6) is 0 Å². The van der Waals surface area contributed by atoms with E-state index in [1.165, 1.54) is 0 Å². The van der Waals surface area contributed by atoms with E-state index in [0.717, 1.165) is 22.9 Å². The quantitative estimate of drug-likeness (QED) is 0.415. The van der Waals surface area contributed by atoms with E-state index < -0.39 is 23.5 Å². The maximum Gasteiger partial charge on any atom is 0.340 e. The van der Waals surface area contributed by atoms with Gasteiger partial charge in [0, 0.05) is 22.4 Å². The largest absolute Gasteiger partial charge is 0.548 e. The number of fused-ring (bicyclic) bond motifs is 2. The van der Waals surface area contributed by atoms with Crippen LogP contribution in [0.2, 0.25) is 0 Å². The summed E-state index contributed by atoms with van der Waals surface area (Å²) in [6, 6.07) is 12.2. The number of benzene rings is 2. The Kier molecular flexibility index (Phi) is 6.31. The number of hydrogen-bond donors (Lipinski definition) is 1. The number of hydrogen-bond acceptors (Lipinski definition) is 6. The molecule has 0 saturated heterocycles. The van der Waals surface area contributed by atoms with Gasteiger partial charge < -0.3 is 24.1 Å². The van der Waals surface area contributed by atoms with E-state index in [0.29, 0.717) is 28.5 Å². The molecule has 2 heterocycles. The van der Waals surface area contributed by atoms with Crippen LogP contribution in [-0.2, 0) is 16.0 Å². The van der Waals surface area contributed by atoms with Gasteiger partial charge in [0.05, 0.1) is 30.3 Å². The smallest absolute Gasteiger partial charge is 0.340 e. The minimum Gasteiger partial charge on any atom is -0.548 e. The van der Waals surface area contributed by atoms with Crippen molar-refractivity contribution in [2.75, 3.05) is 0 Å². The molecule has 1 N–H and O–H groups in total. The Bertz CT molecular complexity index is 1380. The molecule has 2 aromatic carbocycles. The molecule has 1 atom stereocenters. The highest BCUT2D eigenvalue weighted by Crippen LogP contribution is 2.34. The van der Waals surface area contributed by atoms with E-state index in [1.54, 1.807) is 19.3 Å². The predicted molar refractivity (Wildman–Crippen MR) is 123 cm³/mol. The van der Waals surface area contributed by atoms with Crippen LogP contribution in [0.15, 0.2) is 62.4 Å². The highest BCUT2D eigenvalue weighted by Gasteiger charge is 2.19. The van der Waals surface area contributed by atoms with E-state index >= 15 is 0 Å². The first-order valence-electron chi connectivity index (χ1n) is 10.9. The first-order chi connectivity index (χ1) is 15.9. The third-order valence-corrected chi connectivity index (χ3v) is 5.87. The minimum atomic E-state index is -1.34. The number of carboxylic acid groups (broad SMARTS) is 1. The molecule has 7 heteroatoms. The van der Waals surface area contributed by atoms with Crippen molar-refractivity contribution < 1.29 is 23.5 Å². The number of aliphatic carboxylic acids is 1. The van der Waals surface area contributed by atoms with E-state index in [2.05, 4.69) is 5.32 Å². The van der Waals surface area contributed by atoms with Gasteiger partial charge in [-0.25, -0.2) is 4.79 Å². The lowest BCUT2D eigenvalue weighted by atomic mass is 9.99. The molecule has 0 unspecified atom stereocenters. The predicted octanol–water partition coefficient (Wildman–Crippen LogP) is 3.48. The second kappa shape index (κ2) is 9.32. The Morgan fingerprint density at radius 3 is 2.55 bits per heavy atom. The average molecular weight is 446 g/mol. The van der Waals surface area contributed by atoms with Crippen molar-refractivity contribution in [3.05, 3.63) is 70.3 Å². The van der Waals surface area contributed by atoms with E-state index in [-0.39, 0.29) is 18.4 Å². The average Bonchev–Trinajstić information content (AvgIpc) is 3.21. The first-order valence-corrected chi connectivity index (χ1v) is 10.9. The summed E-state index contributed by atoms with van der Waals surface area (Å²) >= 11 is 0. The molecule has 4 aromatic rings. The Morgan fingerprint density at radius 1 is 1.09 bits per heavy atom. The molecule has 0 spiro atoms. The number of rotatable bonds is 8. The molecule has 0 fully saturated rings. The van der Waals surface area contributed by atoms with Crippen molar-refractivity contribution in [1.29, 1.82) is 0 Å². The molecule has 0 bridgehead atoms. The zero-order valence-electron chi connectivity index (χ0n) is 18.5. The van der Waals surface area contributed by atoms with Crippen LogP contribution in [-0.4, -0.2) is 17.9 Å². The zero-order valence-corrected chi connectivity index (χ0v) is 18.5. The first kappa shape index (κ1) is 22.3. The van der Waals surface area contributed by atoms with Gasteiger partial charge >= 0.3 is 5.63 Å². The molecule has 4 rings (SSSR count). The van der Waals surface area contributed by atoms with Gasteiger partial charge in [0.1, 0.15) is 11.2 Å². The second-order valence-corrected chi connectivity index (χ2v) is 8.11. The molecule has 0 aliphatic carbocycles. The molecule has 0 radical (unpaired) electrons. The van der Waals surface area contributed by atoms with E-state index in [1.807, 2.05) is 43.3 Å².